The molecule has 0 amide bonds. The highest BCUT2D eigenvalue weighted by Crippen LogP contribution is 2.61. The van der Waals surface area contributed by atoms with Crippen LogP contribution in [0.25, 0.3) is 0 Å². The van der Waals surface area contributed by atoms with E-state index in [0.717, 1.165) is 0 Å². The fourth-order valence-electron chi connectivity index (χ4n) is 2.26. The molecule has 1 N–H and O–H groups in total. The molecule has 1 rings (SSSR count). The average molecular weight is 472 g/mol. The third-order valence-electron chi connectivity index (χ3n) is 4.03. The number of rotatable bonds is 7. The molecule has 0 aliphatic rings. The van der Waals surface area contributed by atoms with Crippen molar-refractivity contribution in [3.63, 3.8) is 0 Å². The minimum absolute atomic E-state index is 0.283. The van der Waals surface area contributed by atoms with Gasteiger partial charge in [-0.15, -0.1) is 0 Å². The molecule has 1 aromatic carbocycles. The van der Waals surface area contributed by atoms with E-state index in [1.807, 2.05) is 0 Å². The van der Waals surface area contributed by atoms with Crippen LogP contribution in [0.15, 0.2) is 24.3 Å². The first kappa shape index (κ1) is 26.2. The third-order valence-corrected chi connectivity index (χ3v) is 4.03. The second-order valence-corrected chi connectivity index (χ2v) is 6.46. The number of alkyl halides is 13. The van der Waals surface area contributed by atoms with E-state index in [1.165, 1.54) is 0 Å². The molecule has 0 saturated heterocycles. The van der Waals surface area contributed by atoms with Gasteiger partial charge >= 0.3 is 35.8 Å². The Morgan fingerprint density at radius 3 is 1.37 bits per heavy atom. The topological polar surface area (TPSA) is 20.2 Å². The summed E-state index contributed by atoms with van der Waals surface area (Å²) >= 11 is 0. The monoisotopic (exact) mass is 472 g/mol. The second kappa shape index (κ2) is 7.12. The Hall–Kier alpha value is -1.80. The quantitative estimate of drug-likeness (QED) is 0.472. The molecule has 1 unspecified atom stereocenters. The van der Waals surface area contributed by atoms with Crippen LogP contribution >= 0.6 is 0 Å². The summed E-state index contributed by atoms with van der Waals surface area (Å²) in [6.45, 7) is 0.283. The van der Waals surface area contributed by atoms with Crippen LogP contribution in [0, 0.1) is 5.82 Å². The lowest BCUT2D eigenvalue weighted by atomic mass is 9.84. The van der Waals surface area contributed by atoms with E-state index in [-0.39, 0.29) is 6.92 Å². The summed E-state index contributed by atoms with van der Waals surface area (Å²) in [4.78, 5) is 0. The number of benzene rings is 1. The molecular formula is C15H10F14O. The maximum atomic E-state index is 13.8. The van der Waals surface area contributed by atoms with Crippen molar-refractivity contribution in [2.75, 3.05) is 0 Å². The highest BCUT2D eigenvalue weighted by molar-refractivity contribution is 5.23. The van der Waals surface area contributed by atoms with E-state index in [9.17, 15) is 66.6 Å². The Balaban J connectivity index is 3.43. The van der Waals surface area contributed by atoms with Crippen molar-refractivity contribution < 1.29 is 66.6 Å². The number of aliphatic hydroxyl groups is 1. The van der Waals surface area contributed by atoms with Crippen LogP contribution in [0.3, 0.4) is 0 Å². The van der Waals surface area contributed by atoms with Gasteiger partial charge in [0.25, 0.3) is 0 Å². The fraction of sp³-hybridized carbons (Fsp3) is 0.600. The molecule has 15 heteroatoms. The largest absolute Gasteiger partial charge is 0.460 e. The summed E-state index contributed by atoms with van der Waals surface area (Å²) in [7, 11) is 0. The summed E-state index contributed by atoms with van der Waals surface area (Å²) in [6, 6.07) is 2.06. The van der Waals surface area contributed by atoms with Gasteiger partial charge in [0.15, 0.2) is 0 Å². The molecule has 1 aromatic rings. The summed E-state index contributed by atoms with van der Waals surface area (Å²) in [6.07, 6.45) is -10.3. The lowest BCUT2D eigenvalue weighted by Gasteiger charge is -2.41. The molecule has 174 valence electrons. The zero-order valence-electron chi connectivity index (χ0n) is 14.3. The first-order valence-electron chi connectivity index (χ1n) is 7.40. The van der Waals surface area contributed by atoms with Crippen molar-refractivity contribution >= 4 is 0 Å². The van der Waals surface area contributed by atoms with Crippen LogP contribution in [-0.2, 0) is 5.60 Å². The maximum absolute atomic E-state index is 13.8. The predicted octanol–water partition coefficient (Wildman–Crippen LogP) is 6.16. The van der Waals surface area contributed by atoms with E-state index in [4.69, 9.17) is 0 Å². The van der Waals surface area contributed by atoms with Gasteiger partial charge < -0.3 is 5.11 Å². The zero-order valence-corrected chi connectivity index (χ0v) is 14.3. The lowest BCUT2D eigenvalue weighted by molar-refractivity contribution is -0.441. The van der Waals surface area contributed by atoms with Gasteiger partial charge in [-0.25, -0.2) is 4.39 Å². The van der Waals surface area contributed by atoms with Crippen molar-refractivity contribution in [1.29, 1.82) is 0 Å². The van der Waals surface area contributed by atoms with E-state index in [1.54, 1.807) is 0 Å². The lowest BCUT2D eigenvalue weighted by Crippen LogP contribution is -2.70. The zero-order chi connectivity index (χ0) is 24.2. The molecule has 0 saturated carbocycles. The molecular weight excluding hydrogens is 462 g/mol. The van der Waals surface area contributed by atoms with E-state index >= 15 is 0 Å². The van der Waals surface area contributed by atoms with Gasteiger partial charge in [-0.1, -0.05) is 12.1 Å². The molecule has 30 heavy (non-hydrogen) atoms. The Kier molecular flexibility index (Phi) is 6.23. The van der Waals surface area contributed by atoms with Gasteiger partial charge in [0.1, 0.15) is 5.82 Å². The third kappa shape index (κ3) is 3.91. The first-order valence-corrected chi connectivity index (χ1v) is 7.40. The van der Waals surface area contributed by atoms with Gasteiger partial charge in [0.05, 0.1) is 12.0 Å². The van der Waals surface area contributed by atoms with Crippen LogP contribution in [-0.4, -0.2) is 40.9 Å². The molecule has 0 aliphatic carbocycles. The van der Waals surface area contributed by atoms with Gasteiger partial charge in [0.2, 0.25) is 0 Å². The highest BCUT2D eigenvalue weighted by Gasteiger charge is 2.90. The van der Waals surface area contributed by atoms with Gasteiger partial charge in [0, 0.05) is 0 Å². The highest BCUT2D eigenvalue weighted by atomic mass is 19.4. The van der Waals surface area contributed by atoms with E-state index in [2.05, 4.69) is 0 Å². The summed E-state index contributed by atoms with van der Waals surface area (Å²) in [5.41, 5.74) is -4.06. The molecule has 0 fully saturated rings. The van der Waals surface area contributed by atoms with Crippen molar-refractivity contribution in [1.82, 2.24) is 0 Å². The van der Waals surface area contributed by atoms with Crippen LogP contribution in [0.5, 0.6) is 0 Å². The Morgan fingerprint density at radius 1 is 0.633 bits per heavy atom. The molecule has 0 bridgehead atoms. The first-order chi connectivity index (χ1) is 13.0. The van der Waals surface area contributed by atoms with Crippen LogP contribution in [0.1, 0.15) is 18.9 Å². The fourth-order valence-corrected chi connectivity index (χ4v) is 2.26. The number of hydrogen-bond acceptors (Lipinski definition) is 1. The summed E-state index contributed by atoms with van der Waals surface area (Å²) in [5, 5.41) is 9.84. The molecule has 0 radical (unpaired) electrons. The maximum Gasteiger partial charge on any atom is 0.460 e. The normalized spacial score (nSPS) is 17.1. The Labute approximate surface area is 158 Å². The standard InChI is InChI=1S/C15H10F14O/c1-9(30,7-2-4-8(16)5-3-7)6-10(17,18)11(19,20)12(21,22)13(23,24)14(25,26)15(27,28)29/h2-5,30H,6H2,1H3. The number of halogens is 14. The Morgan fingerprint density at radius 2 is 1.00 bits per heavy atom. The molecule has 0 spiro atoms. The van der Waals surface area contributed by atoms with Crippen LogP contribution < -0.4 is 0 Å². The smallest absolute Gasteiger partial charge is 0.385 e. The molecule has 1 nitrogen and oxygen atoms in total. The summed E-state index contributed by atoms with van der Waals surface area (Å²) < 4.78 is 183. The minimum Gasteiger partial charge on any atom is -0.385 e. The second-order valence-electron chi connectivity index (χ2n) is 6.46. The predicted molar refractivity (Wildman–Crippen MR) is 71.4 cm³/mol. The summed E-state index contributed by atoms with van der Waals surface area (Å²) in [5.74, 6) is -38.7. The number of hydrogen-bond donors (Lipinski definition) is 1. The van der Waals surface area contributed by atoms with E-state index < -0.39 is 59.2 Å². The SMILES string of the molecule is CC(O)(CC(F)(F)C(F)(F)C(F)(F)C(F)(F)C(F)(F)C(F)(F)F)c1ccc(F)cc1. The van der Waals surface area contributed by atoms with Crippen LogP contribution in [0.4, 0.5) is 61.5 Å². The van der Waals surface area contributed by atoms with Crippen LogP contribution in [0.2, 0.25) is 0 Å². The van der Waals surface area contributed by atoms with Crippen molar-refractivity contribution in [3.8, 4) is 0 Å². The van der Waals surface area contributed by atoms with Crippen molar-refractivity contribution in [2.24, 2.45) is 0 Å². The average Bonchev–Trinajstić information content (AvgIpc) is 2.52. The van der Waals surface area contributed by atoms with Gasteiger partial charge in [-0.05, 0) is 24.6 Å². The Bertz CT molecular complexity index is 748. The minimum atomic E-state index is -8.01. The van der Waals surface area contributed by atoms with Gasteiger partial charge in [-0.3, -0.25) is 0 Å². The molecule has 0 heterocycles. The molecule has 0 aliphatic heterocycles. The van der Waals surface area contributed by atoms with E-state index in [0.29, 0.717) is 24.3 Å². The van der Waals surface area contributed by atoms with Gasteiger partial charge in [-0.2, -0.15) is 57.1 Å². The molecule has 0 aromatic heterocycles. The molecule has 1 atom stereocenters. The van der Waals surface area contributed by atoms with Crippen molar-refractivity contribution in [3.05, 3.63) is 35.6 Å². The van der Waals surface area contributed by atoms with Crippen molar-refractivity contribution in [2.45, 2.75) is 54.7 Å².